The van der Waals surface area contributed by atoms with Crippen LogP contribution in [-0.2, 0) is 0 Å². The Morgan fingerprint density at radius 3 is 2.55 bits per heavy atom. The van der Waals surface area contributed by atoms with Gasteiger partial charge in [0.1, 0.15) is 5.52 Å². The highest BCUT2D eigenvalue weighted by atomic mass is 35.5. The molecule has 0 fully saturated rings. The minimum atomic E-state index is -0.312. The van der Waals surface area contributed by atoms with Crippen LogP contribution in [0.2, 0.25) is 5.02 Å². The highest BCUT2D eigenvalue weighted by Gasteiger charge is 2.15. The Hall–Kier alpha value is -3.74. The molecular weight excluding hydrogens is 454 g/mol. The van der Waals surface area contributed by atoms with E-state index in [0.29, 0.717) is 16.5 Å². The van der Waals surface area contributed by atoms with Gasteiger partial charge in [0.15, 0.2) is 10.7 Å². The molecule has 5 nitrogen and oxygen atoms in total. The Labute approximate surface area is 200 Å². The zero-order valence-electron chi connectivity index (χ0n) is 17.6. The number of anilines is 1. The molecule has 0 saturated heterocycles. The van der Waals surface area contributed by atoms with Gasteiger partial charge in [-0.2, -0.15) is 0 Å². The lowest BCUT2D eigenvalue weighted by Gasteiger charge is -2.14. The third-order valence-electron chi connectivity index (χ3n) is 5.45. The SMILES string of the molecule is Cc1c(NC(=S)NC(=O)c2cccc3c(Cl)cccc23)cccc1-c1nc2ccccc2o1. The maximum atomic E-state index is 12.9. The average Bonchev–Trinajstić information content (AvgIpc) is 3.24. The summed E-state index contributed by atoms with van der Waals surface area (Å²) in [4.78, 5) is 17.5. The molecule has 0 aliphatic rings. The number of nitrogens with one attached hydrogen (secondary N) is 2. The quantitative estimate of drug-likeness (QED) is 0.285. The van der Waals surface area contributed by atoms with Crippen LogP contribution in [0.25, 0.3) is 33.3 Å². The number of halogens is 1. The number of oxazole rings is 1. The lowest BCUT2D eigenvalue weighted by Crippen LogP contribution is -2.34. The normalized spacial score (nSPS) is 11.0. The fraction of sp³-hybridized carbons (Fsp3) is 0.0385. The largest absolute Gasteiger partial charge is 0.436 e. The van der Waals surface area contributed by atoms with E-state index in [-0.39, 0.29) is 11.0 Å². The first kappa shape index (κ1) is 21.1. The van der Waals surface area contributed by atoms with Gasteiger partial charge in [-0.05, 0) is 66.5 Å². The summed E-state index contributed by atoms with van der Waals surface area (Å²) in [5.74, 6) is 0.216. The maximum Gasteiger partial charge on any atom is 0.258 e. The summed E-state index contributed by atoms with van der Waals surface area (Å²) in [5, 5.41) is 8.24. The van der Waals surface area contributed by atoms with E-state index in [4.69, 9.17) is 28.2 Å². The number of para-hydroxylation sites is 2. The number of nitrogens with zero attached hydrogens (tertiary/aromatic N) is 1. The van der Waals surface area contributed by atoms with E-state index in [1.807, 2.05) is 67.6 Å². The second-order valence-electron chi connectivity index (χ2n) is 7.51. The van der Waals surface area contributed by atoms with Gasteiger partial charge in [-0.1, -0.05) is 54.1 Å². The number of hydrogen-bond donors (Lipinski definition) is 2. The molecule has 0 aliphatic heterocycles. The van der Waals surface area contributed by atoms with Crippen molar-refractivity contribution < 1.29 is 9.21 Å². The monoisotopic (exact) mass is 471 g/mol. The fourth-order valence-corrected chi connectivity index (χ4v) is 4.22. The standard InChI is InChI=1S/C26H18ClN3O2S/c1-15-16(25-28-22-12-2-3-14-23(22)32-25)7-6-13-21(15)29-26(33)30-24(31)19-10-4-9-18-17(19)8-5-11-20(18)27/h2-14H,1H3,(H2,29,30,31,33). The van der Waals surface area contributed by atoms with Crippen LogP contribution < -0.4 is 10.6 Å². The Morgan fingerprint density at radius 1 is 0.939 bits per heavy atom. The molecule has 7 heteroatoms. The summed E-state index contributed by atoms with van der Waals surface area (Å²) >= 11 is 11.7. The minimum absolute atomic E-state index is 0.192. The summed E-state index contributed by atoms with van der Waals surface area (Å²) in [5.41, 5.74) is 4.51. The highest BCUT2D eigenvalue weighted by molar-refractivity contribution is 7.80. The lowest BCUT2D eigenvalue weighted by atomic mass is 10.0. The van der Waals surface area contributed by atoms with Crippen molar-refractivity contribution in [3.05, 3.63) is 95.0 Å². The molecule has 1 aromatic heterocycles. The van der Waals surface area contributed by atoms with E-state index in [1.54, 1.807) is 18.2 Å². The predicted molar refractivity (Wildman–Crippen MR) is 137 cm³/mol. The molecule has 0 spiro atoms. The Morgan fingerprint density at radius 2 is 1.70 bits per heavy atom. The van der Waals surface area contributed by atoms with E-state index < -0.39 is 0 Å². The van der Waals surface area contributed by atoms with Crippen molar-refractivity contribution >= 4 is 62.4 Å². The molecule has 0 unspecified atom stereocenters. The Kier molecular flexibility index (Phi) is 5.54. The average molecular weight is 472 g/mol. The topological polar surface area (TPSA) is 67.2 Å². The van der Waals surface area contributed by atoms with Crippen molar-refractivity contribution in [2.45, 2.75) is 6.92 Å². The molecule has 5 rings (SSSR count). The summed E-state index contributed by atoms with van der Waals surface area (Å²) in [7, 11) is 0. The van der Waals surface area contributed by atoms with Crippen LogP contribution in [0.15, 0.2) is 83.3 Å². The van der Waals surface area contributed by atoms with Gasteiger partial charge in [-0.25, -0.2) is 4.98 Å². The van der Waals surface area contributed by atoms with Crippen molar-refractivity contribution in [2.75, 3.05) is 5.32 Å². The first-order valence-electron chi connectivity index (χ1n) is 10.3. The molecule has 0 bridgehead atoms. The third kappa shape index (κ3) is 4.06. The van der Waals surface area contributed by atoms with Gasteiger partial charge in [0.2, 0.25) is 5.89 Å². The molecule has 1 heterocycles. The van der Waals surface area contributed by atoms with Gasteiger partial charge in [0.25, 0.3) is 5.91 Å². The number of carbonyl (C=O) groups excluding carboxylic acids is 1. The van der Waals surface area contributed by atoms with Crippen LogP contribution in [0.4, 0.5) is 5.69 Å². The van der Waals surface area contributed by atoms with E-state index in [2.05, 4.69) is 15.6 Å². The van der Waals surface area contributed by atoms with Crippen LogP contribution in [0.1, 0.15) is 15.9 Å². The van der Waals surface area contributed by atoms with E-state index in [9.17, 15) is 4.79 Å². The summed E-state index contributed by atoms with van der Waals surface area (Å²) in [6, 6.07) is 24.2. The first-order chi connectivity index (χ1) is 16.0. The van der Waals surface area contributed by atoms with Gasteiger partial charge >= 0.3 is 0 Å². The number of carbonyl (C=O) groups is 1. The summed E-state index contributed by atoms with van der Waals surface area (Å²) < 4.78 is 5.92. The molecule has 0 atom stereocenters. The van der Waals surface area contributed by atoms with E-state index >= 15 is 0 Å². The van der Waals surface area contributed by atoms with Gasteiger partial charge in [-0.3, -0.25) is 10.1 Å². The second-order valence-corrected chi connectivity index (χ2v) is 8.33. The second kappa shape index (κ2) is 8.65. The van der Waals surface area contributed by atoms with Crippen LogP contribution in [-0.4, -0.2) is 16.0 Å². The predicted octanol–water partition coefficient (Wildman–Crippen LogP) is 6.74. The smallest absolute Gasteiger partial charge is 0.258 e. The molecule has 1 amide bonds. The summed E-state index contributed by atoms with van der Waals surface area (Å²) in [6.07, 6.45) is 0. The van der Waals surface area contributed by atoms with Gasteiger partial charge in [-0.15, -0.1) is 0 Å². The van der Waals surface area contributed by atoms with Crippen LogP contribution >= 0.6 is 23.8 Å². The number of aromatic nitrogens is 1. The Bertz CT molecular complexity index is 1510. The zero-order valence-corrected chi connectivity index (χ0v) is 19.1. The van der Waals surface area contributed by atoms with E-state index in [0.717, 1.165) is 38.7 Å². The first-order valence-corrected chi connectivity index (χ1v) is 11.0. The lowest BCUT2D eigenvalue weighted by molar-refractivity contribution is 0.0979. The molecule has 0 saturated carbocycles. The molecule has 0 radical (unpaired) electrons. The minimum Gasteiger partial charge on any atom is -0.436 e. The Balaban J connectivity index is 1.38. The number of amides is 1. The fourth-order valence-electron chi connectivity index (χ4n) is 3.78. The van der Waals surface area contributed by atoms with Crippen molar-refractivity contribution in [1.82, 2.24) is 10.3 Å². The molecule has 4 aromatic carbocycles. The molecule has 2 N–H and O–H groups in total. The van der Waals surface area contributed by atoms with Gasteiger partial charge < -0.3 is 9.73 Å². The number of rotatable bonds is 3. The van der Waals surface area contributed by atoms with Crippen molar-refractivity contribution in [3.8, 4) is 11.5 Å². The molecular formula is C26H18ClN3O2S. The van der Waals surface area contributed by atoms with Crippen molar-refractivity contribution in [2.24, 2.45) is 0 Å². The van der Waals surface area contributed by atoms with Crippen LogP contribution in [0.5, 0.6) is 0 Å². The number of benzene rings is 4. The third-order valence-corrected chi connectivity index (χ3v) is 5.98. The number of thiocarbonyl (C=S) groups is 1. The van der Waals surface area contributed by atoms with Gasteiger partial charge in [0, 0.05) is 27.2 Å². The van der Waals surface area contributed by atoms with E-state index in [1.165, 1.54) is 0 Å². The molecule has 5 aromatic rings. The number of fused-ring (bicyclic) bond motifs is 2. The highest BCUT2D eigenvalue weighted by Crippen LogP contribution is 2.30. The zero-order chi connectivity index (χ0) is 22.9. The molecule has 162 valence electrons. The van der Waals surface area contributed by atoms with Gasteiger partial charge in [0.05, 0.1) is 0 Å². The van der Waals surface area contributed by atoms with Crippen LogP contribution in [0.3, 0.4) is 0 Å². The van der Waals surface area contributed by atoms with Crippen molar-refractivity contribution in [3.63, 3.8) is 0 Å². The molecule has 33 heavy (non-hydrogen) atoms. The maximum absolute atomic E-state index is 12.9. The summed E-state index contributed by atoms with van der Waals surface area (Å²) in [6.45, 7) is 1.95. The number of hydrogen-bond acceptors (Lipinski definition) is 4. The molecule has 0 aliphatic carbocycles. The van der Waals surface area contributed by atoms with Crippen LogP contribution in [0, 0.1) is 6.92 Å². The van der Waals surface area contributed by atoms with Crippen molar-refractivity contribution in [1.29, 1.82) is 0 Å².